The molecule has 0 bridgehead atoms. The largest absolute Gasteiger partial charge is 0.493 e. The van der Waals surface area contributed by atoms with E-state index in [1.54, 1.807) is 7.11 Å². The number of halogens is 1. The molecule has 33 heavy (non-hydrogen) atoms. The third kappa shape index (κ3) is 5.62. The Bertz CT molecular complexity index is 1330. The van der Waals surface area contributed by atoms with Gasteiger partial charge in [0.1, 0.15) is 0 Å². The molecule has 0 aliphatic heterocycles. The van der Waals surface area contributed by atoms with Gasteiger partial charge in [-0.3, -0.25) is 4.79 Å². The summed E-state index contributed by atoms with van der Waals surface area (Å²) in [5, 5.41) is 4.41. The molecule has 0 atom stereocenters. The molecule has 4 rings (SSSR count). The van der Waals surface area contributed by atoms with E-state index in [0.29, 0.717) is 33.4 Å². The molecule has 172 valence electrons. The molecule has 0 aliphatic rings. The van der Waals surface area contributed by atoms with E-state index in [1.165, 1.54) is 41.5 Å². The van der Waals surface area contributed by atoms with Crippen LogP contribution in [-0.4, -0.2) is 28.3 Å². The Kier molecular flexibility index (Phi) is 7.77. The number of methoxy groups -OCH3 is 1. The maximum absolute atomic E-state index is 12.9. The minimum Gasteiger partial charge on any atom is -0.493 e. The van der Waals surface area contributed by atoms with Gasteiger partial charge >= 0.3 is 0 Å². The van der Waals surface area contributed by atoms with Crippen molar-refractivity contribution in [1.29, 1.82) is 0 Å². The molecule has 2 heterocycles. The van der Waals surface area contributed by atoms with Gasteiger partial charge in [-0.15, -0.1) is 5.10 Å². The summed E-state index contributed by atoms with van der Waals surface area (Å²) in [6.45, 7) is 2.88. The summed E-state index contributed by atoms with van der Waals surface area (Å²) in [5.41, 5.74) is 1.54. The van der Waals surface area contributed by atoms with Crippen LogP contribution in [0.2, 0.25) is 0 Å². The predicted octanol–water partition coefficient (Wildman–Crippen LogP) is 5.49. The normalized spacial score (nSPS) is 11.9. The van der Waals surface area contributed by atoms with Crippen molar-refractivity contribution >= 4 is 38.3 Å². The first-order valence-electron chi connectivity index (χ1n) is 11.1. The average Bonchev–Trinajstić information content (AvgIpc) is 3.36. The second kappa shape index (κ2) is 10.9. The Morgan fingerprint density at radius 2 is 1.85 bits per heavy atom. The highest BCUT2D eigenvalue weighted by Gasteiger charge is 2.12. The van der Waals surface area contributed by atoms with Crippen LogP contribution in [0.25, 0.3) is 22.4 Å². The average molecular weight is 528 g/mol. The van der Waals surface area contributed by atoms with E-state index in [4.69, 9.17) is 9.47 Å². The molecule has 6 nitrogen and oxygen atoms in total. The first-order valence-corrected chi connectivity index (χ1v) is 12.7. The van der Waals surface area contributed by atoms with Crippen molar-refractivity contribution in [1.82, 2.24) is 14.6 Å². The number of unbranched alkanes of at least 4 members (excludes halogenated alkanes) is 4. The van der Waals surface area contributed by atoms with Crippen LogP contribution in [0.4, 0.5) is 0 Å². The van der Waals surface area contributed by atoms with Crippen molar-refractivity contribution in [2.75, 3.05) is 13.7 Å². The molecular formula is C25H26BrN3O3S. The van der Waals surface area contributed by atoms with Crippen LogP contribution in [0.3, 0.4) is 0 Å². The number of aromatic nitrogens is 3. The zero-order valence-electron chi connectivity index (χ0n) is 18.7. The molecule has 2 aromatic carbocycles. The van der Waals surface area contributed by atoms with Gasteiger partial charge in [-0.1, -0.05) is 78.1 Å². The van der Waals surface area contributed by atoms with Crippen LogP contribution >= 0.6 is 27.3 Å². The zero-order chi connectivity index (χ0) is 23.2. The van der Waals surface area contributed by atoms with Gasteiger partial charge in [0, 0.05) is 10.0 Å². The van der Waals surface area contributed by atoms with Gasteiger partial charge in [-0.25, -0.2) is 0 Å². The molecule has 8 heteroatoms. The van der Waals surface area contributed by atoms with Gasteiger partial charge in [0.25, 0.3) is 5.56 Å². The minimum absolute atomic E-state index is 0.183. The fourth-order valence-electron chi connectivity index (χ4n) is 3.49. The van der Waals surface area contributed by atoms with E-state index < -0.39 is 0 Å². The molecule has 0 N–H and O–H groups in total. The maximum Gasteiger partial charge on any atom is 0.291 e. The number of ether oxygens (including phenoxy) is 2. The fraction of sp³-hybridized carbons (Fsp3) is 0.320. The third-order valence-electron chi connectivity index (χ3n) is 5.28. The zero-order valence-corrected chi connectivity index (χ0v) is 21.1. The van der Waals surface area contributed by atoms with Crippen molar-refractivity contribution in [2.45, 2.75) is 39.0 Å². The Hall–Kier alpha value is -2.71. The van der Waals surface area contributed by atoms with Crippen LogP contribution in [0, 0.1) is 0 Å². The van der Waals surface area contributed by atoms with Crippen LogP contribution in [0.1, 0.15) is 44.6 Å². The second-order valence-corrected chi connectivity index (χ2v) is 9.65. The van der Waals surface area contributed by atoms with Crippen molar-refractivity contribution in [3.05, 3.63) is 67.4 Å². The molecule has 0 saturated heterocycles. The summed E-state index contributed by atoms with van der Waals surface area (Å²) in [6, 6.07) is 13.4. The maximum atomic E-state index is 12.9. The van der Waals surface area contributed by atoms with Gasteiger partial charge in [0.2, 0.25) is 4.96 Å². The van der Waals surface area contributed by atoms with E-state index in [2.05, 4.69) is 32.9 Å². The molecule has 2 aromatic heterocycles. The van der Waals surface area contributed by atoms with E-state index in [-0.39, 0.29) is 5.56 Å². The van der Waals surface area contributed by atoms with Gasteiger partial charge in [0.15, 0.2) is 17.3 Å². The van der Waals surface area contributed by atoms with Gasteiger partial charge in [-0.2, -0.15) is 9.50 Å². The number of hydrogen-bond donors (Lipinski definition) is 0. The molecule has 0 radical (unpaired) electrons. The topological polar surface area (TPSA) is 65.7 Å². The third-order valence-corrected chi connectivity index (χ3v) is 6.76. The Morgan fingerprint density at radius 1 is 1.06 bits per heavy atom. The molecule has 0 amide bonds. The number of rotatable bonds is 10. The van der Waals surface area contributed by atoms with Crippen LogP contribution in [-0.2, 0) is 0 Å². The standard InChI is InChI=1S/C25H26BrN3O3S/c1-3-4-5-6-7-14-32-20-13-8-17(15-21(20)31-2)16-22-24(30)29-25(33-22)27-23(28-29)18-9-11-19(26)12-10-18/h8-13,15-16H,3-7,14H2,1-2H3. The SMILES string of the molecule is CCCCCCCOc1ccc(C=c2sc3nc(-c4ccc(Br)cc4)nn3c2=O)cc1OC. The Labute approximate surface area is 205 Å². The smallest absolute Gasteiger partial charge is 0.291 e. The lowest BCUT2D eigenvalue weighted by Gasteiger charge is -2.11. The lowest BCUT2D eigenvalue weighted by atomic mass is 10.1. The molecule has 0 spiro atoms. The van der Waals surface area contributed by atoms with Crippen molar-refractivity contribution < 1.29 is 9.47 Å². The Balaban J connectivity index is 1.52. The van der Waals surface area contributed by atoms with Crippen molar-refractivity contribution in [3.63, 3.8) is 0 Å². The first-order chi connectivity index (χ1) is 16.1. The number of thiazole rings is 1. The highest BCUT2D eigenvalue weighted by atomic mass is 79.9. The van der Waals surface area contributed by atoms with E-state index in [0.717, 1.165) is 22.0 Å². The molecule has 0 unspecified atom stereocenters. The highest BCUT2D eigenvalue weighted by Crippen LogP contribution is 2.28. The Morgan fingerprint density at radius 3 is 2.58 bits per heavy atom. The summed E-state index contributed by atoms with van der Waals surface area (Å²) < 4.78 is 14.3. The fourth-order valence-corrected chi connectivity index (χ4v) is 4.66. The molecule has 4 aromatic rings. The van der Waals surface area contributed by atoms with Gasteiger partial charge in [-0.05, 0) is 42.3 Å². The lowest BCUT2D eigenvalue weighted by Crippen LogP contribution is -2.23. The number of fused-ring (bicyclic) bond motifs is 1. The number of benzene rings is 2. The van der Waals surface area contributed by atoms with Gasteiger partial charge in [0.05, 0.1) is 18.2 Å². The number of nitrogens with zero attached hydrogens (tertiary/aromatic N) is 3. The summed E-state index contributed by atoms with van der Waals surface area (Å²) in [7, 11) is 1.62. The summed E-state index contributed by atoms with van der Waals surface area (Å²) in [6.07, 6.45) is 7.78. The first kappa shape index (κ1) is 23.4. The second-order valence-electron chi connectivity index (χ2n) is 7.73. The quantitative estimate of drug-likeness (QED) is 0.255. The summed E-state index contributed by atoms with van der Waals surface area (Å²) in [4.78, 5) is 18.0. The van der Waals surface area contributed by atoms with Crippen LogP contribution < -0.4 is 19.6 Å². The summed E-state index contributed by atoms with van der Waals surface area (Å²) >= 11 is 4.74. The predicted molar refractivity (Wildman–Crippen MR) is 136 cm³/mol. The van der Waals surface area contributed by atoms with Crippen LogP contribution in [0.5, 0.6) is 11.5 Å². The highest BCUT2D eigenvalue weighted by molar-refractivity contribution is 9.10. The minimum atomic E-state index is -0.183. The molecule has 0 fully saturated rings. The lowest BCUT2D eigenvalue weighted by molar-refractivity contribution is 0.285. The van der Waals surface area contributed by atoms with E-state index in [9.17, 15) is 4.79 Å². The van der Waals surface area contributed by atoms with Gasteiger partial charge < -0.3 is 9.47 Å². The number of hydrogen-bond acceptors (Lipinski definition) is 6. The van der Waals surface area contributed by atoms with E-state index >= 15 is 0 Å². The van der Waals surface area contributed by atoms with Crippen LogP contribution in [0.15, 0.2) is 51.7 Å². The molecule has 0 aliphatic carbocycles. The van der Waals surface area contributed by atoms with E-state index in [1.807, 2.05) is 48.5 Å². The van der Waals surface area contributed by atoms with Crippen molar-refractivity contribution in [3.8, 4) is 22.9 Å². The van der Waals surface area contributed by atoms with Crippen molar-refractivity contribution in [2.24, 2.45) is 0 Å². The monoisotopic (exact) mass is 527 g/mol. The summed E-state index contributed by atoms with van der Waals surface area (Å²) in [5.74, 6) is 1.91. The molecule has 0 saturated carbocycles. The molecular weight excluding hydrogens is 502 g/mol.